The molecule has 3 rings (SSSR count). The summed E-state index contributed by atoms with van der Waals surface area (Å²) in [5.74, 6) is 0.354. The van der Waals surface area contributed by atoms with Gasteiger partial charge in [0.05, 0.1) is 18.0 Å². The standard InChI is InChI=1S/C23H22N4O2/c1-3-13-29-21-11-9-17(10-12-21)22-19(14-18(15-24)23(28)25-2)16-27(26-22)20-7-5-4-6-8-20/h4-12,14,16H,3,13H2,1-2H3,(H,25,28)/b18-14+. The van der Waals surface area contributed by atoms with Crippen LogP contribution >= 0.6 is 0 Å². The summed E-state index contributed by atoms with van der Waals surface area (Å²) >= 11 is 0. The highest BCUT2D eigenvalue weighted by molar-refractivity contribution is 6.02. The Morgan fingerprint density at radius 2 is 1.93 bits per heavy atom. The Bertz CT molecular complexity index is 1040. The van der Waals surface area contributed by atoms with Crippen LogP contribution in [0, 0.1) is 11.3 Å². The van der Waals surface area contributed by atoms with Gasteiger partial charge >= 0.3 is 0 Å². The van der Waals surface area contributed by atoms with Gasteiger partial charge in [-0.25, -0.2) is 4.68 Å². The van der Waals surface area contributed by atoms with E-state index in [9.17, 15) is 10.1 Å². The molecule has 3 aromatic rings. The molecule has 0 saturated heterocycles. The molecule has 2 aromatic carbocycles. The van der Waals surface area contributed by atoms with E-state index < -0.39 is 5.91 Å². The third-order valence-corrected chi connectivity index (χ3v) is 4.26. The van der Waals surface area contributed by atoms with Crippen molar-refractivity contribution < 1.29 is 9.53 Å². The lowest BCUT2D eigenvalue weighted by Crippen LogP contribution is -2.19. The van der Waals surface area contributed by atoms with Crippen molar-refractivity contribution >= 4 is 12.0 Å². The lowest BCUT2D eigenvalue weighted by molar-refractivity contribution is -0.116. The van der Waals surface area contributed by atoms with Crippen molar-refractivity contribution in [1.82, 2.24) is 15.1 Å². The quantitative estimate of drug-likeness (QED) is 0.492. The molecule has 146 valence electrons. The van der Waals surface area contributed by atoms with Crippen LogP contribution in [0.1, 0.15) is 18.9 Å². The van der Waals surface area contributed by atoms with Crippen LogP contribution in [0.3, 0.4) is 0 Å². The molecule has 0 fully saturated rings. The van der Waals surface area contributed by atoms with E-state index in [0.29, 0.717) is 17.9 Å². The number of nitrogens with zero attached hydrogens (tertiary/aromatic N) is 3. The average Bonchev–Trinajstić information content (AvgIpc) is 3.20. The van der Waals surface area contributed by atoms with E-state index in [2.05, 4.69) is 12.2 Å². The number of aromatic nitrogens is 2. The second kappa shape index (κ2) is 9.38. The first-order valence-corrected chi connectivity index (χ1v) is 9.38. The van der Waals surface area contributed by atoms with Crippen molar-refractivity contribution in [2.24, 2.45) is 0 Å². The third-order valence-electron chi connectivity index (χ3n) is 4.26. The maximum atomic E-state index is 12.0. The Morgan fingerprint density at radius 1 is 1.21 bits per heavy atom. The zero-order valence-electron chi connectivity index (χ0n) is 16.4. The van der Waals surface area contributed by atoms with Gasteiger partial charge in [-0.05, 0) is 48.9 Å². The van der Waals surface area contributed by atoms with Crippen molar-refractivity contribution in [3.63, 3.8) is 0 Å². The molecule has 0 aliphatic carbocycles. The maximum Gasteiger partial charge on any atom is 0.261 e. The largest absolute Gasteiger partial charge is 0.494 e. The van der Waals surface area contributed by atoms with Crippen LogP contribution in [0.25, 0.3) is 23.0 Å². The fourth-order valence-electron chi connectivity index (χ4n) is 2.80. The molecule has 6 nitrogen and oxygen atoms in total. The van der Waals surface area contributed by atoms with E-state index in [0.717, 1.165) is 23.4 Å². The zero-order valence-corrected chi connectivity index (χ0v) is 16.4. The summed E-state index contributed by atoms with van der Waals surface area (Å²) < 4.78 is 7.38. The van der Waals surface area contributed by atoms with Crippen LogP contribution in [-0.2, 0) is 4.79 Å². The molecule has 0 bridgehead atoms. The fraction of sp³-hybridized carbons (Fsp3) is 0.174. The summed E-state index contributed by atoms with van der Waals surface area (Å²) in [6, 6.07) is 19.3. The van der Waals surface area contributed by atoms with Crippen molar-refractivity contribution in [1.29, 1.82) is 5.26 Å². The monoisotopic (exact) mass is 386 g/mol. The summed E-state index contributed by atoms with van der Waals surface area (Å²) in [5.41, 5.74) is 3.12. The second-order valence-corrected chi connectivity index (χ2v) is 6.33. The Morgan fingerprint density at radius 3 is 2.55 bits per heavy atom. The second-order valence-electron chi connectivity index (χ2n) is 6.33. The summed E-state index contributed by atoms with van der Waals surface area (Å²) in [7, 11) is 1.50. The predicted molar refractivity (Wildman–Crippen MR) is 112 cm³/mol. The smallest absolute Gasteiger partial charge is 0.261 e. The molecule has 1 amide bonds. The molecule has 1 aromatic heterocycles. The number of para-hydroxylation sites is 1. The minimum Gasteiger partial charge on any atom is -0.494 e. The Labute approximate surface area is 170 Å². The number of hydrogen-bond donors (Lipinski definition) is 1. The van der Waals surface area contributed by atoms with E-state index >= 15 is 0 Å². The topological polar surface area (TPSA) is 79.9 Å². The van der Waals surface area contributed by atoms with Crippen LogP contribution in [0.2, 0.25) is 0 Å². The average molecular weight is 386 g/mol. The first-order valence-electron chi connectivity index (χ1n) is 9.38. The minimum atomic E-state index is -0.436. The van der Waals surface area contributed by atoms with Gasteiger partial charge in [0.1, 0.15) is 17.4 Å². The number of nitrogens with one attached hydrogen (secondary N) is 1. The highest BCUT2D eigenvalue weighted by atomic mass is 16.5. The van der Waals surface area contributed by atoms with Crippen molar-refractivity contribution in [3.8, 4) is 28.8 Å². The SMILES string of the molecule is CCCOc1ccc(-c2nn(-c3ccccc3)cc2/C=C(\C#N)C(=O)NC)cc1. The Balaban J connectivity index is 2.07. The summed E-state index contributed by atoms with van der Waals surface area (Å²) in [5, 5.41) is 16.6. The summed E-state index contributed by atoms with van der Waals surface area (Å²) in [6.45, 7) is 2.72. The molecule has 0 aliphatic rings. The highest BCUT2D eigenvalue weighted by Crippen LogP contribution is 2.27. The van der Waals surface area contributed by atoms with Gasteiger partial charge in [-0.15, -0.1) is 0 Å². The van der Waals surface area contributed by atoms with Crippen molar-refractivity contribution in [3.05, 3.63) is 71.9 Å². The van der Waals surface area contributed by atoms with Crippen molar-refractivity contribution in [2.45, 2.75) is 13.3 Å². The molecular formula is C23H22N4O2. The molecular weight excluding hydrogens is 364 g/mol. The Hall–Kier alpha value is -3.85. The Kier molecular flexibility index (Phi) is 6.43. The molecule has 0 unspecified atom stereocenters. The highest BCUT2D eigenvalue weighted by Gasteiger charge is 2.14. The van der Waals surface area contributed by atoms with Crippen LogP contribution in [0.15, 0.2) is 66.4 Å². The normalized spacial score (nSPS) is 11.0. The van der Waals surface area contributed by atoms with E-state index in [1.165, 1.54) is 7.05 Å². The maximum absolute atomic E-state index is 12.0. The number of rotatable bonds is 7. The zero-order chi connectivity index (χ0) is 20.6. The van der Waals surface area contributed by atoms with Crippen molar-refractivity contribution in [2.75, 3.05) is 13.7 Å². The molecule has 29 heavy (non-hydrogen) atoms. The van der Waals surface area contributed by atoms with Gasteiger partial charge in [0.2, 0.25) is 0 Å². The van der Waals surface area contributed by atoms with Crippen LogP contribution < -0.4 is 10.1 Å². The molecule has 0 spiro atoms. The van der Waals surface area contributed by atoms with Gasteiger partial charge in [0, 0.05) is 24.4 Å². The molecule has 0 aliphatic heterocycles. The molecule has 0 saturated carbocycles. The lowest BCUT2D eigenvalue weighted by atomic mass is 10.1. The van der Waals surface area contributed by atoms with Gasteiger partial charge in [-0.3, -0.25) is 4.79 Å². The summed E-state index contributed by atoms with van der Waals surface area (Å²) in [4.78, 5) is 12.0. The number of ether oxygens (including phenoxy) is 1. The summed E-state index contributed by atoms with van der Waals surface area (Å²) in [6.07, 6.45) is 4.31. The van der Waals surface area contributed by atoms with Gasteiger partial charge in [0.25, 0.3) is 5.91 Å². The van der Waals surface area contributed by atoms with E-state index in [4.69, 9.17) is 9.84 Å². The van der Waals surface area contributed by atoms with Gasteiger partial charge in [-0.2, -0.15) is 10.4 Å². The van der Waals surface area contributed by atoms with E-state index in [-0.39, 0.29) is 5.57 Å². The van der Waals surface area contributed by atoms with Crippen LogP contribution in [0.5, 0.6) is 5.75 Å². The van der Waals surface area contributed by atoms with E-state index in [1.54, 1.807) is 10.8 Å². The number of carbonyl (C=O) groups is 1. The third kappa shape index (κ3) is 4.71. The number of likely N-dealkylation sites (N-methyl/N-ethyl adjacent to an activating group) is 1. The van der Waals surface area contributed by atoms with Gasteiger partial charge in [0.15, 0.2) is 0 Å². The molecule has 6 heteroatoms. The number of benzene rings is 2. The van der Waals surface area contributed by atoms with Crippen LogP contribution in [0.4, 0.5) is 0 Å². The molecule has 1 heterocycles. The fourth-order valence-corrected chi connectivity index (χ4v) is 2.80. The first kappa shape index (κ1) is 19.9. The number of amides is 1. The van der Waals surface area contributed by atoms with E-state index in [1.807, 2.05) is 66.9 Å². The molecule has 0 radical (unpaired) electrons. The molecule has 0 atom stereocenters. The predicted octanol–water partition coefficient (Wildman–Crippen LogP) is 3.98. The first-order chi connectivity index (χ1) is 14.2. The lowest BCUT2D eigenvalue weighted by Gasteiger charge is -2.05. The minimum absolute atomic E-state index is 0.0178. The molecule has 1 N–H and O–H groups in total. The number of hydrogen-bond acceptors (Lipinski definition) is 4. The number of carbonyl (C=O) groups excluding carboxylic acids is 1. The van der Waals surface area contributed by atoms with Gasteiger partial charge in [-0.1, -0.05) is 25.1 Å². The van der Waals surface area contributed by atoms with Crippen LogP contribution in [-0.4, -0.2) is 29.3 Å². The van der Waals surface area contributed by atoms with Gasteiger partial charge < -0.3 is 10.1 Å². The number of nitriles is 1.